The number of rotatable bonds is 2. The van der Waals surface area contributed by atoms with E-state index in [4.69, 9.17) is 0 Å². The lowest BCUT2D eigenvalue weighted by Gasteiger charge is -2.69. The van der Waals surface area contributed by atoms with Crippen molar-refractivity contribution >= 4 is 25.7 Å². The lowest BCUT2D eigenvalue weighted by molar-refractivity contribution is 0.504. The Kier molecular flexibility index (Phi) is 3.02. The summed E-state index contributed by atoms with van der Waals surface area (Å²) in [5.41, 5.74) is 0. The van der Waals surface area contributed by atoms with Gasteiger partial charge in [-0.25, -0.2) is 0 Å². The van der Waals surface area contributed by atoms with Crippen molar-refractivity contribution in [2.45, 2.75) is 68.9 Å². The van der Waals surface area contributed by atoms with Gasteiger partial charge in [0, 0.05) is 17.6 Å². The molecule has 84 valence electrons. The molecule has 1 saturated heterocycles. The molecule has 0 N–H and O–H groups in total. The van der Waals surface area contributed by atoms with Gasteiger partial charge in [-0.05, 0) is 9.32 Å². The van der Waals surface area contributed by atoms with Gasteiger partial charge in [0.15, 0.2) is 0 Å². The zero-order chi connectivity index (χ0) is 11.4. The van der Waals surface area contributed by atoms with Gasteiger partial charge in [-0.15, -0.1) is 0 Å². The van der Waals surface area contributed by atoms with Crippen LogP contribution in [-0.4, -0.2) is 25.7 Å². The zero-order valence-electron chi connectivity index (χ0n) is 11.4. The maximum absolute atomic E-state index is 2.68. The van der Waals surface area contributed by atoms with Gasteiger partial charge >= 0.3 is 0 Å². The second kappa shape index (κ2) is 3.32. The molecule has 1 aliphatic rings. The van der Waals surface area contributed by atoms with Gasteiger partial charge in [-0.3, -0.25) is 0 Å². The highest BCUT2D eigenvalue weighted by Gasteiger charge is 2.67. The van der Waals surface area contributed by atoms with E-state index in [1.807, 2.05) is 0 Å². The van der Waals surface area contributed by atoms with E-state index in [1.54, 1.807) is 6.42 Å². The average molecular weight is 245 g/mol. The molecule has 3 heteroatoms. The van der Waals surface area contributed by atoms with Crippen molar-refractivity contribution in [2.75, 3.05) is 0 Å². The van der Waals surface area contributed by atoms with Crippen LogP contribution >= 0.6 is 0 Å². The molecule has 0 unspecified atom stereocenters. The van der Waals surface area contributed by atoms with Crippen molar-refractivity contribution in [3.63, 3.8) is 0 Å². The van der Waals surface area contributed by atoms with Gasteiger partial charge < -0.3 is 0 Å². The van der Waals surface area contributed by atoms with Crippen LogP contribution in [0, 0.1) is 0 Å². The second-order valence-electron chi connectivity index (χ2n) is 6.95. The molecule has 0 amide bonds. The fourth-order valence-corrected chi connectivity index (χ4v) is 22.6. The van der Waals surface area contributed by atoms with E-state index in [0.29, 0.717) is 0 Å². The molecule has 0 aliphatic carbocycles. The van der Waals surface area contributed by atoms with Crippen molar-refractivity contribution in [3.8, 4) is 0 Å². The SMILES string of the molecule is C[SiH](C)[C@]1(C)C[C@](C)([SiH](C)C)[Si]1(C)C. The first-order chi connectivity index (χ1) is 6.09. The summed E-state index contributed by atoms with van der Waals surface area (Å²) in [6, 6.07) is 0. The Morgan fingerprint density at radius 2 is 1.14 bits per heavy atom. The van der Waals surface area contributed by atoms with Crippen LogP contribution in [0.3, 0.4) is 0 Å². The Balaban J connectivity index is 2.98. The summed E-state index contributed by atoms with van der Waals surface area (Å²) in [4.78, 5) is 0. The van der Waals surface area contributed by atoms with Gasteiger partial charge in [0.05, 0.1) is 8.07 Å². The third-order valence-electron chi connectivity index (χ3n) is 6.14. The molecule has 1 rings (SSSR count). The van der Waals surface area contributed by atoms with Gasteiger partial charge in [0.2, 0.25) is 0 Å². The van der Waals surface area contributed by atoms with Crippen LogP contribution in [0.1, 0.15) is 20.3 Å². The van der Waals surface area contributed by atoms with Crippen LogP contribution in [-0.2, 0) is 0 Å². The van der Waals surface area contributed by atoms with Gasteiger partial charge in [-0.1, -0.05) is 59.6 Å². The molecular weight excluding hydrogens is 216 g/mol. The monoisotopic (exact) mass is 244 g/mol. The van der Waals surface area contributed by atoms with E-state index < -0.39 is 25.7 Å². The summed E-state index contributed by atoms with van der Waals surface area (Å²) in [5.74, 6) is 0. The molecular formula is C11H28Si3. The van der Waals surface area contributed by atoms with E-state index >= 15 is 0 Å². The minimum atomic E-state index is -0.961. The summed E-state index contributed by atoms with van der Waals surface area (Å²) in [5, 5.41) is 0. The summed E-state index contributed by atoms with van der Waals surface area (Å²) in [6.07, 6.45) is 1.58. The predicted octanol–water partition coefficient (Wildman–Crippen LogP) is 3.67. The molecule has 0 nitrogen and oxygen atoms in total. The minimum absolute atomic E-state index is 0.457. The molecule has 0 aromatic rings. The Morgan fingerprint density at radius 3 is 1.29 bits per heavy atom. The van der Waals surface area contributed by atoms with Crippen LogP contribution in [0.5, 0.6) is 0 Å². The maximum Gasteiger partial charge on any atom is 0.0534 e. The predicted molar refractivity (Wildman–Crippen MR) is 76.6 cm³/mol. The summed E-state index contributed by atoms with van der Waals surface area (Å²) < 4.78 is 1.69. The van der Waals surface area contributed by atoms with E-state index in [1.165, 1.54) is 0 Å². The molecule has 0 spiro atoms. The molecule has 0 aromatic heterocycles. The van der Waals surface area contributed by atoms with Crippen molar-refractivity contribution in [1.82, 2.24) is 0 Å². The molecule has 1 heterocycles. The lowest BCUT2D eigenvalue weighted by Crippen LogP contribution is -2.69. The Labute approximate surface area is 94.7 Å². The van der Waals surface area contributed by atoms with E-state index in [-0.39, 0.29) is 0 Å². The fraction of sp³-hybridized carbons (Fsp3) is 1.00. The van der Waals surface area contributed by atoms with Gasteiger partial charge in [0.25, 0.3) is 0 Å². The third kappa shape index (κ3) is 1.28. The Bertz CT molecular complexity index is 213. The zero-order valence-corrected chi connectivity index (χ0v) is 14.7. The first-order valence-electron chi connectivity index (χ1n) is 6.09. The minimum Gasteiger partial charge on any atom is -0.0720 e. The van der Waals surface area contributed by atoms with Crippen LogP contribution in [0.2, 0.25) is 48.6 Å². The quantitative estimate of drug-likeness (QED) is 0.650. The second-order valence-corrected chi connectivity index (χ2v) is 20.8. The maximum atomic E-state index is 2.68. The Hall–Kier alpha value is 0.651. The molecule has 14 heavy (non-hydrogen) atoms. The average Bonchev–Trinajstić information content (AvgIpc) is 2.03. The summed E-state index contributed by atoms with van der Waals surface area (Å²) in [6.45, 7) is 20.9. The van der Waals surface area contributed by atoms with Crippen molar-refractivity contribution in [1.29, 1.82) is 0 Å². The molecule has 0 saturated carbocycles. The first-order valence-corrected chi connectivity index (χ1v) is 14.9. The lowest BCUT2D eigenvalue weighted by atomic mass is 10.2. The molecule has 0 radical (unpaired) electrons. The van der Waals surface area contributed by atoms with Crippen LogP contribution < -0.4 is 0 Å². The molecule has 1 aliphatic heterocycles. The molecule has 1 fully saturated rings. The van der Waals surface area contributed by atoms with Gasteiger partial charge in [-0.2, -0.15) is 0 Å². The topological polar surface area (TPSA) is 0 Å². The van der Waals surface area contributed by atoms with Crippen molar-refractivity contribution < 1.29 is 0 Å². The van der Waals surface area contributed by atoms with Crippen LogP contribution in [0.25, 0.3) is 0 Å². The summed E-state index contributed by atoms with van der Waals surface area (Å²) >= 11 is 0. The van der Waals surface area contributed by atoms with Gasteiger partial charge in [0.1, 0.15) is 0 Å². The number of hydrogen-bond acceptors (Lipinski definition) is 0. The smallest absolute Gasteiger partial charge is 0.0534 e. The third-order valence-corrected chi connectivity index (χ3v) is 25.5. The van der Waals surface area contributed by atoms with E-state index in [9.17, 15) is 0 Å². The Morgan fingerprint density at radius 1 is 0.857 bits per heavy atom. The normalized spacial score (nSPS) is 41.6. The van der Waals surface area contributed by atoms with Crippen molar-refractivity contribution in [2.24, 2.45) is 0 Å². The number of hydrogen-bond donors (Lipinski definition) is 0. The summed E-state index contributed by atoms with van der Waals surface area (Å²) in [7, 11) is -1.88. The van der Waals surface area contributed by atoms with Crippen molar-refractivity contribution in [3.05, 3.63) is 0 Å². The molecule has 0 bridgehead atoms. The highest BCUT2D eigenvalue weighted by atomic mass is 28.4. The van der Waals surface area contributed by atoms with Crippen LogP contribution in [0.4, 0.5) is 0 Å². The van der Waals surface area contributed by atoms with Crippen LogP contribution in [0.15, 0.2) is 0 Å². The highest BCUT2D eigenvalue weighted by Crippen LogP contribution is 2.71. The first kappa shape index (κ1) is 12.7. The van der Waals surface area contributed by atoms with E-state index in [2.05, 4.69) is 53.1 Å². The molecule has 2 atom stereocenters. The highest BCUT2D eigenvalue weighted by molar-refractivity contribution is 7.04. The largest absolute Gasteiger partial charge is 0.0720 e. The molecule has 0 aromatic carbocycles. The standard InChI is InChI=1S/C11H28Si3/c1-10(12(3)4)9-11(2,13(5)6)14(10,7)8/h12-13H,9H2,1-8H3/t10-,11+. The fourth-order valence-electron chi connectivity index (χ4n) is 3.60. The van der Waals surface area contributed by atoms with E-state index in [0.717, 1.165) is 9.32 Å².